The third-order valence-corrected chi connectivity index (χ3v) is 6.80. The van der Waals surface area contributed by atoms with Gasteiger partial charge in [0.05, 0.1) is 10.2 Å². The van der Waals surface area contributed by atoms with Gasteiger partial charge in [-0.15, -0.1) is 22.9 Å². The highest BCUT2D eigenvalue weighted by Gasteiger charge is 2.48. The average molecular weight is 441 g/mol. The largest absolute Gasteiger partial charge is 0.277 e. The number of thiophene rings is 1. The number of hydrogen-bond donors (Lipinski definition) is 1. The van der Waals surface area contributed by atoms with Crippen molar-refractivity contribution in [3.63, 3.8) is 0 Å². The first-order valence-corrected chi connectivity index (χ1v) is 10.5. The van der Waals surface area contributed by atoms with Crippen molar-refractivity contribution in [3.8, 4) is 10.4 Å². The Labute approximate surface area is 180 Å². The monoisotopic (exact) mass is 440 g/mol. The summed E-state index contributed by atoms with van der Waals surface area (Å²) in [4.78, 5) is 22.3. The summed E-state index contributed by atoms with van der Waals surface area (Å²) in [6, 6.07) is 19.1. The number of hydrogen-bond acceptors (Lipinski definition) is 5. The fraction of sp³-hybridized carbons (Fsp3) is 0.0952. The van der Waals surface area contributed by atoms with Crippen molar-refractivity contribution in [2.45, 2.75) is 11.4 Å². The van der Waals surface area contributed by atoms with Crippen LogP contribution >= 0.6 is 34.5 Å². The Morgan fingerprint density at radius 1 is 1.03 bits per heavy atom. The molecule has 0 aliphatic carbocycles. The molecule has 2 unspecified atom stereocenters. The first-order valence-electron chi connectivity index (χ1n) is 8.91. The van der Waals surface area contributed by atoms with Gasteiger partial charge >= 0.3 is 0 Å². The van der Waals surface area contributed by atoms with Crippen LogP contribution in [0.4, 0.5) is 5.82 Å². The van der Waals surface area contributed by atoms with Crippen LogP contribution in [0.3, 0.4) is 0 Å². The number of fused-ring (bicyclic) bond motifs is 1. The number of β-lactam (4-membered cyclic amide) rings is 1. The zero-order chi connectivity index (χ0) is 20.0. The van der Waals surface area contributed by atoms with Crippen LogP contribution in [-0.4, -0.2) is 26.3 Å². The zero-order valence-corrected chi connectivity index (χ0v) is 17.2. The third kappa shape index (κ3) is 3.13. The molecular weight excluding hydrogens is 427 g/mol. The van der Waals surface area contributed by atoms with Crippen LogP contribution in [0.1, 0.15) is 11.6 Å². The number of carbonyl (C=O) groups excluding carboxylic acids is 1. The van der Waals surface area contributed by atoms with E-state index in [1.165, 1.54) is 11.3 Å². The Kier molecular flexibility index (Phi) is 4.62. The molecular formula is C21H14Cl2N4OS. The summed E-state index contributed by atoms with van der Waals surface area (Å²) >= 11 is 14.2. The lowest BCUT2D eigenvalue weighted by Crippen LogP contribution is -2.58. The summed E-state index contributed by atoms with van der Waals surface area (Å²) in [7, 11) is 0. The summed E-state index contributed by atoms with van der Waals surface area (Å²) in [5.74, 6) is 0.347. The number of nitrogens with zero attached hydrogens (tertiary/aromatic N) is 3. The molecule has 0 bridgehead atoms. The van der Waals surface area contributed by atoms with E-state index in [1.54, 1.807) is 17.4 Å². The van der Waals surface area contributed by atoms with Crippen LogP contribution in [0, 0.1) is 0 Å². The number of nitrogens with one attached hydrogen (secondary N) is 1. The van der Waals surface area contributed by atoms with E-state index in [4.69, 9.17) is 23.2 Å². The maximum Gasteiger partial charge on any atom is 0.262 e. The van der Waals surface area contributed by atoms with E-state index in [-0.39, 0.29) is 11.9 Å². The van der Waals surface area contributed by atoms with Crippen LogP contribution in [-0.2, 0) is 4.79 Å². The van der Waals surface area contributed by atoms with E-state index in [0.29, 0.717) is 10.8 Å². The van der Waals surface area contributed by atoms with Gasteiger partial charge in [0.1, 0.15) is 17.7 Å². The van der Waals surface area contributed by atoms with Crippen LogP contribution in [0.25, 0.3) is 20.7 Å². The first kappa shape index (κ1) is 18.4. The normalized spacial score (nSPS) is 18.7. The minimum atomic E-state index is -0.678. The minimum absolute atomic E-state index is 0.219. The first-order chi connectivity index (χ1) is 14.1. The zero-order valence-electron chi connectivity index (χ0n) is 14.9. The van der Waals surface area contributed by atoms with Gasteiger partial charge in [0.15, 0.2) is 5.82 Å². The lowest BCUT2D eigenvalue weighted by Gasteiger charge is -2.44. The van der Waals surface area contributed by atoms with E-state index in [1.807, 2.05) is 42.5 Å². The van der Waals surface area contributed by atoms with Gasteiger partial charge in [-0.25, -0.2) is 15.0 Å². The number of benzene rings is 2. The van der Waals surface area contributed by atoms with Gasteiger partial charge in [-0.1, -0.05) is 60.1 Å². The van der Waals surface area contributed by atoms with Gasteiger partial charge in [-0.2, -0.15) is 0 Å². The molecule has 3 heterocycles. The fourth-order valence-corrected chi connectivity index (χ4v) is 5.04. The molecule has 1 saturated heterocycles. The molecule has 5 nitrogen and oxygen atoms in total. The molecule has 0 spiro atoms. The van der Waals surface area contributed by atoms with E-state index in [2.05, 4.69) is 27.5 Å². The Balaban J connectivity index is 1.50. The third-order valence-electron chi connectivity index (χ3n) is 4.85. The second-order valence-electron chi connectivity index (χ2n) is 6.60. The van der Waals surface area contributed by atoms with Gasteiger partial charge in [-0.05, 0) is 23.3 Å². The Hall–Kier alpha value is -2.67. The van der Waals surface area contributed by atoms with Gasteiger partial charge in [0.2, 0.25) is 0 Å². The standard InChI is InChI=1S/C21H14Cl2N4OS/c22-14-9-5-4-8-13(14)18-17(23)21(28)27(18)26-20-19-15(24-11-25-20)10-16(29-19)12-6-2-1-3-7-12/h1-11,17-18H,(H,24,25,26). The van der Waals surface area contributed by atoms with Crippen LogP contribution in [0.15, 0.2) is 67.0 Å². The number of amides is 1. The highest BCUT2D eigenvalue weighted by molar-refractivity contribution is 7.22. The molecule has 29 heavy (non-hydrogen) atoms. The van der Waals surface area contributed by atoms with E-state index >= 15 is 0 Å². The predicted molar refractivity (Wildman–Crippen MR) is 117 cm³/mol. The maximum absolute atomic E-state index is 12.5. The number of anilines is 1. The lowest BCUT2D eigenvalue weighted by molar-refractivity contribution is -0.143. The summed E-state index contributed by atoms with van der Waals surface area (Å²) in [5, 5.41) is 1.38. The van der Waals surface area contributed by atoms with Crippen molar-refractivity contribution in [1.82, 2.24) is 15.0 Å². The summed E-state index contributed by atoms with van der Waals surface area (Å²) in [6.45, 7) is 0. The molecule has 2 aromatic heterocycles. The minimum Gasteiger partial charge on any atom is -0.277 e. The topological polar surface area (TPSA) is 58.1 Å². The highest BCUT2D eigenvalue weighted by atomic mass is 35.5. The molecule has 5 rings (SSSR count). The lowest BCUT2D eigenvalue weighted by atomic mass is 9.95. The molecule has 1 fully saturated rings. The number of hydrazine groups is 1. The Morgan fingerprint density at radius 2 is 1.79 bits per heavy atom. The fourth-order valence-electron chi connectivity index (χ4n) is 3.38. The molecule has 144 valence electrons. The van der Waals surface area contributed by atoms with Crippen molar-refractivity contribution in [2.24, 2.45) is 0 Å². The number of carbonyl (C=O) groups is 1. The van der Waals surface area contributed by atoms with Crippen molar-refractivity contribution in [2.75, 3.05) is 5.43 Å². The van der Waals surface area contributed by atoms with Gasteiger partial charge < -0.3 is 0 Å². The summed E-state index contributed by atoms with van der Waals surface area (Å²) in [6.07, 6.45) is 1.49. The van der Waals surface area contributed by atoms with E-state index in [0.717, 1.165) is 26.2 Å². The van der Waals surface area contributed by atoms with Crippen LogP contribution in [0.2, 0.25) is 5.02 Å². The average Bonchev–Trinajstić information content (AvgIpc) is 3.20. The van der Waals surface area contributed by atoms with Gasteiger partial charge in [0, 0.05) is 9.90 Å². The number of rotatable bonds is 4. The van der Waals surface area contributed by atoms with Crippen molar-refractivity contribution >= 4 is 56.5 Å². The number of alkyl halides is 1. The van der Waals surface area contributed by atoms with Gasteiger partial charge in [0.25, 0.3) is 5.91 Å². The van der Waals surface area contributed by atoms with Crippen molar-refractivity contribution < 1.29 is 4.79 Å². The highest BCUT2D eigenvalue weighted by Crippen LogP contribution is 2.42. The number of aromatic nitrogens is 2. The molecule has 2 atom stereocenters. The molecule has 0 saturated carbocycles. The van der Waals surface area contributed by atoms with E-state index < -0.39 is 5.38 Å². The maximum atomic E-state index is 12.5. The molecule has 1 aliphatic rings. The molecule has 1 amide bonds. The molecule has 1 aliphatic heterocycles. The van der Waals surface area contributed by atoms with Gasteiger partial charge in [-0.3, -0.25) is 10.2 Å². The summed E-state index contributed by atoms with van der Waals surface area (Å²) < 4.78 is 0.870. The van der Waals surface area contributed by atoms with Crippen LogP contribution in [0.5, 0.6) is 0 Å². The van der Waals surface area contributed by atoms with Crippen LogP contribution < -0.4 is 5.43 Å². The Morgan fingerprint density at radius 3 is 2.59 bits per heavy atom. The molecule has 8 heteroatoms. The van der Waals surface area contributed by atoms with Crippen molar-refractivity contribution in [3.05, 3.63) is 77.6 Å². The smallest absolute Gasteiger partial charge is 0.262 e. The Bertz CT molecular complexity index is 1210. The van der Waals surface area contributed by atoms with Crippen molar-refractivity contribution in [1.29, 1.82) is 0 Å². The molecule has 1 N–H and O–H groups in total. The second-order valence-corrected chi connectivity index (χ2v) is 8.53. The molecule has 4 aromatic rings. The molecule has 2 aromatic carbocycles. The quantitative estimate of drug-likeness (QED) is 0.334. The van der Waals surface area contributed by atoms with E-state index in [9.17, 15) is 4.79 Å². The SMILES string of the molecule is O=C1C(Cl)C(c2ccccc2Cl)N1Nc1ncnc2cc(-c3ccccc3)sc12. The second kappa shape index (κ2) is 7.30. The summed E-state index contributed by atoms with van der Waals surface area (Å²) in [5.41, 5.74) is 5.86. The number of halogens is 2. The predicted octanol–water partition coefficient (Wildman–Crippen LogP) is 5.53. The molecule has 0 radical (unpaired) electrons.